The summed E-state index contributed by atoms with van der Waals surface area (Å²) in [4.78, 5) is 10.4. The molecule has 0 spiro atoms. The predicted octanol–water partition coefficient (Wildman–Crippen LogP) is 3.90. The first-order valence-electron chi connectivity index (χ1n) is 7.18. The summed E-state index contributed by atoms with van der Waals surface area (Å²) in [5.74, 6) is 0.0997. The smallest absolute Gasteiger partial charge is 0.258 e. The molecule has 1 aromatic carbocycles. The van der Waals surface area contributed by atoms with Crippen molar-refractivity contribution in [2.24, 2.45) is 5.10 Å². The fourth-order valence-electron chi connectivity index (χ4n) is 1.80. The van der Waals surface area contributed by atoms with Crippen LogP contribution in [0.1, 0.15) is 37.6 Å². The molecule has 2 rings (SSSR count). The Labute approximate surface area is 140 Å². The molecule has 0 radical (unpaired) electrons. The third kappa shape index (κ3) is 4.34. The lowest BCUT2D eigenvalue weighted by molar-refractivity contribution is -0.385. The summed E-state index contributed by atoms with van der Waals surface area (Å²) < 4.78 is 27.0. The molecule has 0 saturated carbocycles. The number of hydrogen-bond acceptors (Lipinski definition) is 6. The van der Waals surface area contributed by atoms with Crippen molar-refractivity contribution in [1.82, 2.24) is 14.9 Å². The number of hydrogen-bond donors (Lipinski definition) is 0. The number of nitro groups is 1. The average Bonchev–Trinajstić information content (AvgIpc) is 2.96. The zero-order valence-corrected chi connectivity index (χ0v) is 13.6. The molecule has 0 aliphatic rings. The molecule has 0 unspecified atom stereocenters. The third-order valence-corrected chi connectivity index (χ3v) is 4.01. The van der Waals surface area contributed by atoms with Crippen molar-refractivity contribution in [2.45, 2.75) is 31.3 Å². The maximum absolute atomic E-state index is 13.0. The van der Waals surface area contributed by atoms with Gasteiger partial charge in [-0.2, -0.15) is 9.78 Å². The Bertz CT molecular complexity index is 736. The average molecular weight is 355 g/mol. The molecular weight excluding hydrogens is 340 g/mol. The number of para-hydroxylation sites is 1. The summed E-state index contributed by atoms with van der Waals surface area (Å²) in [7, 11) is 0. The molecule has 0 fully saturated rings. The first-order valence-corrected chi connectivity index (χ1v) is 8.17. The number of aromatic nitrogens is 3. The molecule has 0 aliphatic heterocycles. The van der Waals surface area contributed by atoms with Gasteiger partial charge >= 0.3 is 0 Å². The van der Waals surface area contributed by atoms with Gasteiger partial charge in [-0.25, -0.2) is 8.78 Å². The van der Waals surface area contributed by atoms with Crippen LogP contribution in [-0.2, 0) is 0 Å². The van der Waals surface area contributed by atoms with Crippen molar-refractivity contribution in [3.05, 3.63) is 45.8 Å². The van der Waals surface area contributed by atoms with E-state index in [1.54, 1.807) is 6.07 Å². The summed E-state index contributed by atoms with van der Waals surface area (Å²) in [6.45, 7) is 2.02. The maximum atomic E-state index is 13.0. The molecule has 10 heteroatoms. The molecule has 1 heterocycles. The molecule has 7 nitrogen and oxygen atoms in total. The monoisotopic (exact) mass is 355 g/mol. The van der Waals surface area contributed by atoms with E-state index in [2.05, 4.69) is 15.3 Å². The number of nitrogens with zero attached hydrogens (tertiary/aromatic N) is 5. The van der Waals surface area contributed by atoms with Crippen molar-refractivity contribution in [3.8, 4) is 0 Å². The molecule has 128 valence electrons. The normalized spacial score (nSPS) is 11.5. The quantitative estimate of drug-likeness (QED) is 0.236. The number of thioether (sulfide) groups is 1. The second kappa shape index (κ2) is 8.48. The molecule has 24 heavy (non-hydrogen) atoms. The predicted molar refractivity (Wildman–Crippen MR) is 86.7 cm³/mol. The van der Waals surface area contributed by atoms with Crippen LogP contribution < -0.4 is 0 Å². The van der Waals surface area contributed by atoms with Gasteiger partial charge in [-0.3, -0.25) is 10.1 Å². The minimum atomic E-state index is -2.85. The summed E-state index contributed by atoms with van der Waals surface area (Å²) in [5, 5.41) is 22.3. The van der Waals surface area contributed by atoms with Crippen molar-refractivity contribution in [1.29, 1.82) is 0 Å². The zero-order valence-electron chi connectivity index (χ0n) is 12.8. The van der Waals surface area contributed by atoms with E-state index in [0.717, 1.165) is 23.7 Å². The van der Waals surface area contributed by atoms with E-state index in [0.29, 0.717) is 5.75 Å². The Kier molecular flexibility index (Phi) is 6.36. The fraction of sp³-hybridized carbons (Fsp3) is 0.357. The van der Waals surface area contributed by atoms with Crippen LogP contribution in [-0.4, -0.2) is 31.8 Å². The van der Waals surface area contributed by atoms with E-state index in [1.165, 1.54) is 30.0 Å². The van der Waals surface area contributed by atoms with Crippen LogP contribution in [0.5, 0.6) is 0 Å². The van der Waals surface area contributed by atoms with E-state index in [9.17, 15) is 18.9 Å². The molecule has 0 saturated heterocycles. The van der Waals surface area contributed by atoms with E-state index in [4.69, 9.17) is 0 Å². The molecule has 0 bridgehead atoms. The molecule has 0 atom stereocenters. The van der Waals surface area contributed by atoms with Crippen LogP contribution >= 0.6 is 11.8 Å². The highest BCUT2D eigenvalue weighted by Crippen LogP contribution is 2.24. The summed E-state index contributed by atoms with van der Waals surface area (Å²) >= 11 is 1.26. The lowest BCUT2D eigenvalue weighted by Crippen LogP contribution is -2.02. The van der Waals surface area contributed by atoms with E-state index < -0.39 is 17.2 Å². The number of alkyl halides is 2. The van der Waals surface area contributed by atoms with Crippen LogP contribution in [0.25, 0.3) is 0 Å². The highest BCUT2D eigenvalue weighted by Gasteiger charge is 2.20. The van der Waals surface area contributed by atoms with Crippen LogP contribution in [0.3, 0.4) is 0 Å². The first-order chi connectivity index (χ1) is 11.5. The van der Waals surface area contributed by atoms with Crippen molar-refractivity contribution in [2.75, 3.05) is 5.75 Å². The van der Waals surface area contributed by atoms with Gasteiger partial charge in [-0.1, -0.05) is 37.2 Å². The van der Waals surface area contributed by atoms with Crippen molar-refractivity contribution >= 4 is 23.7 Å². The lowest BCUT2D eigenvalue weighted by Gasteiger charge is -2.03. The van der Waals surface area contributed by atoms with Gasteiger partial charge in [0.2, 0.25) is 11.0 Å². The summed E-state index contributed by atoms with van der Waals surface area (Å²) in [6, 6.07) is 5.92. The van der Waals surface area contributed by atoms with Crippen LogP contribution in [0.15, 0.2) is 34.5 Å². The van der Waals surface area contributed by atoms with Gasteiger partial charge in [0.15, 0.2) is 0 Å². The number of unbranched alkanes of at least 4 members (excludes halogenated alkanes) is 1. The molecule has 0 aliphatic carbocycles. The van der Waals surface area contributed by atoms with Gasteiger partial charge in [0, 0.05) is 11.8 Å². The van der Waals surface area contributed by atoms with Gasteiger partial charge in [0.25, 0.3) is 12.1 Å². The van der Waals surface area contributed by atoms with E-state index in [-0.39, 0.29) is 16.4 Å². The topological polar surface area (TPSA) is 86.2 Å². The second-order valence-corrected chi connectivity index (χ2v) is 5.78. The first kappa shape index (κ1) is 18.0. The number of halogens is 2. The standard InChI is InChI=1S/C14H15F2N5O2S/c1-2-3-8-24-14-19-18-13(12(15)16)20(14)17-9-10-6-4-5-7-11(10)21(22)23/h4-7,9,12H,2-3,8H2,1H3/b17-9+. The molecular formula is C14H15F2N5O2S. The summed E-state index contributed by atoms with van der Waals surface area (Å²) in [6.07, 6.45) is 0.176. The van der Waals surface area contributed by atoms with Gasteiger partial charge in [0.05, 0.1) is 16.7 Å². The highest BCUT2D eigenvalue weighted by molar-refractivity contribution is 7.99. The van der Waals surface area contributed by atoms with E-state index in [1.807, 2.05) is 6.92 Å². The number of nitro benzene ring substituents is 1. The van der Waals surface area contributed by atoms with Gasteiger partial charge in [-0.15, -0.1) is 10.2 Å². The minimum Gasteiger partial charge on any atom is -0.258 e. The Morgan fingerprint density at radius 3 is 2.83 bits per heavy atom. The summed E-state index contributed by atoms with van der Waals surface area (Å²) in [5.41, 5.74) is 0.0500. The Balaban J connectivity index is 2.33. The van der Waals surface area contributed by atoms with Gasteiger partial charge in [0.1, 0.15) is 0 Å². The Morgan fingerprint density at radius 1 is 1.42 bits per heavy atom. The van der Waals surface area contributed by atoms with E-state index >= 15 is 0 Å². The maximum Gasteiger partial charge on any atom is 0.299 e. The lowest BCUT2D eigenvalue weighted by atomic mass is 10.2. The minimum absolute atomic E-state index is 0.159. The van der Waals surface area contributed by atoms with Crippen molar-refractivity contribution in [3.63, 3.8) is 0 Å². The molecule has 0 N–H and O–H groups in total. The van der Waals surface area contributed by atoms with Crippen LogP contribution in [0.2, 0.25) is 0 Å². The Morgan fingerprint density at radius 2 is 2.17 bits per heavy atom. The van der Waals surface area contributed by atoms with Crippen LogP contribution in [0, 0.1) is 10.1 Å². The second-order valence-electron chi connectivity index (χ2n) is 4.72. The number of benzene rings is 1. The molecule has 1 aromatic heterocycles. The fourth-order valence-corrected chi connectivity index (χ4v) is 2.78. The van der Waals surface area contributed by atoms with Gasteiger partial charge < -0.3 is 0 Å². The molecule has 0 amide bonds. The van der Waals surface area contributed by atoms with Crippen molar-refractivity contribution < 1.29 is 13.7 Å². The molecule has 2 aromatic rings. The SMILES string of the molecule is CCCCSc1nnc(C(F)F)n1/N=C/c1ccccc1[N+](=O)[O-]. The largest absolute Gasteiger partial charge is 0.299 e. The third-order valence-electron chi connectivity index (χ3n) is 3.01. The number of rotatable bonds is 8. The zero-order chi connectivity index (χ0) is 17.5. The highest BCUT2D eigenvalue weighted by atomic mass is 32.2. The Hall–Kier alpha value is -2.36. The van der Waals surface area contributed by atoms with Gasteiger partial charge in [-0.05, 0) is 12.5 Å². The van der Waals surface area contributed by atoms with Crippen LogP contribution in [0.4, 0.5) is 14.5 Å².